The third-order valence-electron chi connectivity index (χ3n) is 2.93. The van der Waals surface area contributed by atoms with E-state index in [1.165, 1.54) is 11.1 Å². The zero-order chi connectivity index (χ0) is 9.97. The van der Waals surface area contributed by atoms with Crippen LogP contribution < -0.4 is 5.32 Å². The number of benzene rings is 1. The van der Waals surface area contributed by atoms with E-state index in [-0.39, 0.29) is 0 Å². The Morgan fingerprint density at radius 2 is 2.00 bits per heavy atom. The van der Waals surface area contributed by atoms with Gasteiger partial charge in [0, 0.05) is 0 Å². The van der Waals surface area contributed by atoms with Crippen molar-refractivity contribution in [3.63, 3.8) is 0 Å². The quantitative estimate of drug-likeness (QED) is 0.688. The summed E-state index contributed by atoms with van der Waals surface area (Å²) < 4.78 is 5.47. The number of hydrogen-bond acceptors (Lipinski definition) is 1. The molecule has 0 saturated carbocycles. The van der Waals surface area contributed by atoms with E-state index in [9.17, 15) is 0 Å². The maximum Gasteiger partial charge on any atom is 0.0970 e. The number of nitrogens with two attached hydrogens (primary N) is 1. The second kappa shape index (κ2) is 4.11. The average Bonchev–Trinajstić information content (AvgIpc) is 2.67. The van der Waals surface area contributed by atoms with E-state index < -0.39 is 0 Å². The van der Waals surface area contributed by atoms with Crippen molar-refractivity contribution >= 4 is 0 Å². The molecule has 0 bridgehead atoms. The monoisotopic (exact) mass is 191 g/mol. The smallest absolute Gasteiger partial charge is 0.0970 e. The van der Waals surface area contributed by atoms with Crippen LogP contribution in [0.3, 0.4) is 0 Å². The highest BCUT2D eigenvalue weighted by Crippen LogP contribution is 2.23. The van der Waals surface area contributed by atoms with Gasteiger partial charge in [-0.05, 0) is 12.5 Å². The topological polar surface area (TPSA) is 25.8 Å². The first-order chi connectivity index (χ1) is 6.81. The fourth-order valence-electron chi connectivity index (χ4n) is 1.96. The van der Waals surface area contributed by atoms with E-state index >= 15 is 0 Å². The predicted octanol–water partition coefficient (Wildman–Crippen LogP) is 0.832. The van der Waals surface area contributed by atoms with E-state index in [1.807, 2.05) is 5.32 Å². The lowest BCUT2D eigenvalue weighted by Gasteiger charge is -2.17. The van der Waals surface area contributed by atoms with Crippen LogP contribution in [0.25, 0.3) is 0 Å². The predicted molar refractivity (Wildman–Crippen MR) is 55.8 cm³/mol. The minimum Gasteiger partial charge on any atom is -0.474 e. The molecule has 0 amide bonds. The van der Waals surface area contributed by atoms with Crippen LogP contribution in [0.4, 0.5) is 0 Å². The van der Waals surface area contributed by atoms with Crippen molar-refractivity contribution in [3.05, 3.63) is 42.4 Å². The van der Waals surface area contributed by atoms with Gasteiger partial charge in [-0.3, -0.25) is 0 Å². The molecule has 0 spiro atoms. The standard InChI is InChI=1S/C12H17NO/c1-9-3-5-10(6-4-9)11-7-14-8-12(11)13-2/h3-6,11-12H,2,7-8,13H2,1H3/t11-,12-/m1/s1. The minimum absolute atomic E-state index is 0.484. The molecule has 1 aromatic carbocycles. The van der Waals surface area contributed by atoms with E-state index in [4.69, 9.17) is 4.74 Å². The van der Waals surface area contributed by atoms with Crippen LogP contribution in [0.2, 0.25) is 0 Å². The maximum absolute atomic E-state index is 5.47. The summed E-state index contributed by atoms with van der Waals surface area (Å²) in [5, 5.41) is 2.01. The van der Waals surface area contributed by atoms with Crippen molar-refractivity contribution in [3.8, 4) is 0 Å². The molecule has 1 fully saturated rings. The van der Waals surface area contributed by atoms with E-state index in [2.05, 4.69) is 38.2 Å². The first kappa shape index (κ1) is 9.69. The SMILES string of the molecule is [CH2-][NH2+][C@@H]1COC[C@@H]1c1ccc(C)cc1. The molecule has 2 heteroatoms. The molecular formula is C12H17NO. The lowest BCUT2D eigenvalue weighted by Crippen LogP contribution is -2.85. The van der Waals surface area contributed by atoms with E-state index in [0.29, 0.717) is 12.0 Å². The normalized spacial score (nSPS) is 26.7. The second-order valence-electron chi connectivity index (χ2n) is 3.95. The van der Waals surface area contributed by atoms with Gasteiger partial charge >= 0.3 is 0 Å². The van der Waals surface area contributed by atoms with Crippen LogP contribution in [0.15, 0.2) is 24.3 Å². The van der Waals surface area contributed by atoms with Crippen molar-refractivity contribution in [2.45, 2.75) is 18.9 Å². The fraction of sp³-hybridized carbons (Fsp3) is 0.417. The Morgan fingerprint density at radius 1 is 1.29 bits per heavy atom. The van der Waals surface area contributed by atoms with Crippen molar-refractivity contribution in [2.75, 3.05) is 13.2 Å². The molecule has 0 unspecified atom stereocenters. The molecule has 1 aromatic rings. The van der Waals surface area contributed by atoms with Gasteiger partial charge in [0.2, 0.25) is 0 Å². The highest BCUT2D eigenvalue weighted by molar-refractivity contribution is 5.26. The van der Waals surface area contributed by atoms with Crippen molar-refractivity contribution in [2.24, 2.45) is 0 Å². The summed E-state index contributed by atoms with van der Waals surface area (Å²) >= 11 is 0. The van der Waals surface area contributed by atoms with Crippen LogP contribution in [0.1, 0.15) is 17.0 Å². The summed E-state index contributed by atoms with van der Waals surface area (Å²) in [6.45, 7) is 3.77. The Morgan fingerprint density at radius 3 is 2.64 bits per heavy atom. The van der Waals surface area contributed by atoms with Gasteiger partial charge in [-0.25, -0.2) is 0 Å². The fourth-order valence-corrected chi connectivity index (χ4v) is 1.96. The van der Waals surface area contributed by atoms with Gasteiger partial charge < -0.3 is 10.1 Å². The molecule has 0 aromatic heterocycles. The molecule has 76 valence electrons. The van der Waals surface area contributed by atoms with Crippen LogP contribution in [0.5, 0.6) is 0 Å². The minimum atomic E-state index is 0.484. The van der Waals surface area contributed by atoms with Gasteiger partial charge in [0.25, 0.3) is 0 Å². The molecule has 0 aliphatic carbocycles. The van der Waals surface area contributed by atoms with Crippen LogP contribution in [-0.2, 0) is 4.74 Å². The Kier molecular flexibility index (Phi) is 2.85. The van der Waals surface area contributed by atoms with Crippen LogP contribution in [-0.4, -0.2) is 19.3 Å². The van der Waals surface area contributed by atoms with Gasteiger partial charge in [-0.1, -0.05) is 29.8 Å². The maximum atomic E-state index is 5.47. The van der Waals surface area contributed by atoms with Crippen LogP contribution >= 0.6 is 0 Å². The molecule has 1 aliphatic heterocycles. The Bertz CT molecular complexity index is 294. The first-order valence-electron chi connectivity index (χ1n) is 5.08. The zero-order valence-corrected chi connectivity index (χ0v) is 8.57. The highest BCUT2D eigenvalue weighted by atomic mass is 16.5. The van der Waals surface area contributed by atoms with Gasteiger partial charge in [0.05, 0.1) is 25.2 Å². The first-order valence-corrected chi connectivity index (χ1v) is 5.08. The molecular weight excluding hydrogens is 174 g/mol. The summed E-state index contributed by atoms with van der Waals surface area (Å²) in [6, 6.07) is 9.20. The summed E-state index contributed by atoms with van der Waals surface area (Å²) in [6.07, 6.45) is 0. The molecule has 2 atom stereocenters. The number of rotatable bonds is 2. The van der Waals surface area contributed by atoms with Gasteiger partial charge in [0.1, 0.15) is 0 Å². The largest absolute Gasteiger partial charge is 0.474 e. The summed E-state index contributed by atoms with van der Waals surface area (Å²) in [4.78, 5) is 0. The number of hydrogen-bond donors (Lipinski definition) is 1. The highest BCUT2D eigenvalue weighted by Gasteiger charge is 2.29. The Labute approximate surface area is 85.3 Å². The molecule has 2 rings (SSSR count). The third kappa shape index (κ3) is 1.81. The number of quaternary nitrogens is 1. The molecule has 14 heavy (non-hydrogen) atoms. The molecule has 1 heterocycles. The molecule has 2 nitrogen and oxygen atoms in total. The zero-order valence-electron chi connectivity index (χ0n) is 8.57. The van der Waals surface area contributed by atoms with Gasteiger partial charge in [0.15, 0.2) is 0 Å². The van der Waals surface area contributed by atoms with Crippen LogP contribution in [0, 0.1) is 14.0 Å². The van der Waals surface area contributed by atoms with Gasteiger partial charge in [-0.2, -0.15) is 7.05 Å². The second-order valence-corrected chi connectivity index (χ2v) is 3.95. The molecule has 1 aliphatic rings. The lowest BCUT2D eigenvalue weighted by atomic mass is 9.94. The number of aryl methyl sites for hydroxylation is 1. The molecule has 2 N–H and O–H groups in total. The van der Waals surface area contributed by atoms with Crippen molar-refractivity contribution in [1.82, 2.24) is 0 Å². The lowest BCUT2D eigenvalue weighted by molar-refractivity contribution is -0.633. The Hall–Kier alpha value is -0.860. The molecule has 1 saturated heterocycles. The van der Waals surface area contributed by atoms with E-state index in [0.717, 1.165) is 13.2 Å². The van der Waals surface area contributed by atoms with Crippen molar-refractivity contribution < 1.29 is 10.1 Å². The van der Waals surface area contributed by atoms with Crippen molar-refractivity contribution in [1.29, 1.82) is 0 Å². The Balaban J connectivity index is 2.17. The molecule has 0 radical (unpaired) electrons. The summed E-state index contributed by atoms with van der Waals surface area (Å²) in [7, 11) is 3.86. The summed E-state index contributed by atoms with van der Waals surface area (Å²) in [5.74, 6) is 0.507. The number of ether oxygens (including phenoxy) is 1. The van der Waals surface area contributed by atoms with Gasteiger partial charge in [-0.15, -0.1) is 0 Å². The van der Waals surface area contributed by atoms with E-state index in [1.54, 1.807) is 0 Å². The third-order valence-corrected chi connectivity index (χ3v) is 2.93. The average molecular weight is 191 g/mol. The summed E-state index contributed by atoms with van der Waals surface area (Å²) in [5.41, 5.74) is 2.68.